The number of rotatable bonds is 5. The molecule has 1 aliphatic rings. The lowest BCUT2D eigenvalue weighted by Gasteiger charge is -2.33. The number of carbonyl (C=O) groups excluding carboxylic acids is 3. The summed E-state index contributed by atoms with van der Waals surface area (Å²) in [7, 11) is 0. The van der Waals surface area contributed by atoms with E-state index in [4.69, 9.17) is 9.47 Å². The van der Waals surface area contributed by atoms with Crippen LogP contribution in [0.4, 0.5) is 4.79 Å². The Balaban J connectivity index is 1.51. The first-order valence-electron chi connectivity index (χ1n) is 11.1. The summed E-state index contributed by atoms with van der Waals surface area (Å²) < 4.78 is 10.7. The Morgan fingerprint density at radius 1 is 1.12 bits per heavy atom. The van der Waals surface area contributed by atoms with Crippen molar-refractivity contribution in [3.63, 3.8) is 0 Å². The predicted octanol–water partition coefficient (Wildman–Crippen LogP) is 4.21. The van der Waals surface area contributed by atoms with E-state index >= 15 is 0 Å². The molecule has 1 aliphatic heterocycles. The van der Waals surface area contributed by atoms with Gasteiger partial charge in [-0.15, -0.1) is 0 Å². The van der Waals surface area contributed by atoms with Crippen LogP contribution in [-0.4, -0.2) is 48.2 Å². The van der Waals surface area contributed by atoms with Crippen molar-refractivity contribution in [1.82, 2.24) is 10.2 Å². The summed E-state index contributed by atoms with van der Waals surface area (Å²) in [6, 6.07) is 13.7. The van der Waals surface area contributed by atoms with Crippen LogP contribution < -0.4 is 5.32 Å². The van der Waals surface area contributed by atoms with Crippen molar-refractivity contribution < 1.29 is 23.9 Å². The van der Waals surface area contributed by atoms with Gasteiger partial charge in [0.15, 0.2) is 6.61 Å². The van der Waals surface area contributed by atoms with Gasteiger partial charge in [0.05, 0.1) is 12.0 Å². The van der Waals surface area contributed by atoms with Crippen LogP contribution in [0.25, 0.3) is 10.8 Å². The number of nitrogens with zero attached hydrogens (tertiary/aromatic N) is 1. The second-order valence-corrected chi connectivity index (χ2v) is 9.23. The molecule has 1 saturated heterocycles. The van der Waals surface area contributed by atoms with Crippen molar-refractivity contribution in [2.24, 2.45) is 5.92 Å². The number of amides is 2. The summed E-state index contributed by atoms with van der Waals surface area (Å²) >= 11 is 0. The third-order valence-electron chi connectivity index (χ3n) is 5.42. The van der Waals surface area contributed by atoms with Crippen molar-refractivity contribution >= 4 is 28.7 Å². The largest absolute Gasteiger partial charge is 0.455 e. The van der Waals surface area contributed by atoms with Crippen molar-refractivity contribution in [3.8, 4) is 0 Å². The van der Waals surface area contributed by atoms with Crippen molar-refractivity contribution in [2.75, 3.05) is 19.7 Å². The maximum Gasteiger partial charge on any atom is 0.410 e. The quantitative estimate of drug-likeness (QED) is 0.704. The van der Waals surface area contributed by atoms with Crippen LogP contribution in [-0.2, 0) is 19.1 Å². The number of hydrogen-bond donors (Lipinski definition) is 1. The maximum absolute atomic E-state index is 12.5. The van der Waals surface area contributed by atoms with Gasteiger partial charge in [-0.3, -0.25) is 9.59 Å². The van der Waals surface area contributed by atoms with Gasteiger partial charge >= 0.3 is 12.1 Å². The Bertz CT molecular complexity index is 976. The molecule has 0 aliphatic carbocycles. The normalized spacial score (nSPS) is 17.5. The Morgan fingerprint density at radius 2 is 1.84 bits per heavy atom. The van der Waals surface area contributed by atoms with Crippen LogP contribution in [0.15, 0.2) is 42.5 Å². The molecule has 7 heteroatoms. The van der Waals surface area contributed by atoms with Crippen molar-refractivity contribution in [3.05, 3.63) is 48.0 Å². The smallest absolute Gasteiger partial charge is 0.410 e. The van der Waals surface area contributed by atoms with Gasteiger partial charge in [0.2, 0.25) is 0 Å². The van der Waals surface area contributed by atoms with E-state index in [0.29, 0.717) is 19.4 Å². The van der Waals surface area contributed by atoms with Gasteiger partial charge in [0.1, 0.15) is 5.60 Å². The highest BCUT2D eigenvalue weighted by Gasteiger charge is 2.32. The molecular formula is C25H32N2O5. The molecule has 2 atom stereocenters. The summed E-state index contributed by atoms with van der Waals surface area (Å²) in [4.78, 5) is 38.7. The minimum Gasteiger partial charge on any atom is -0.455 e. The first-order chi connectivity index (χ1) is 15.1. The molecule has 0 aromatic heterocycles. The Hall–Kier alpha value is -3.09. The zero-order chi connectivity index (χ0) is 23.3. The molecule has 0 radical (unpaired) electrons. The number of esters is 1. The zero-order valence-corrected chi connectivity index (χ0v) is 19.2. The van der Waals surface area contributed by atoms with E-state index in [1.807, 2.05) is 49.4 Å². The van der Waals surface area contributed by atoms with Crippen molar-refractivity contribution in [2.45, 2.75) is 52.2 Å². The number of piperidine rings is 1. The second kappa shape index (κ2) is 10.0. The van der Waals surface area contributed by atoms with Gasteiger partial charge in [0, 0.05) is 13.1 Å². The molecule has 2 aromatic carbocycles. The molecule has 7 nitrogen and oxygen atoms in total. The Labute approximate surface area is 189 Å². The minimum atomic E-state index is -0.594. The molecule has 1 N–H and O–H groups in total. The van der Waals surface area contributed by atoms with Crippen molar-refractivity contribution in [1.29, 1.82) is 0 Å². The minimum absolute atomic E-state index is 0.232. The number of fused-ring (bicyclic) bond motifs is 1. The molecule has 2 unspecified atom stereocenters. The second-order valence-electron chi connectivity index (χ2n) is 9.23. The molecule has 0 saturated carbocycles. The van der Waals surface area contributed by atoms with E-state index in [0.717, 1.165) is 16.3 Å². The predicted molar refractivity (Wildman–Crippen MR) is 122 cm³/mol. The fraction of sp³-hybridized carbons (Fsp3) is 0.480. The van der Waals surface area contributed by atoms with E-state index in [9.17, 15) is 14.4 Å². The molecule has 0 bridgehead atoms. The van der Waals surface area contributed by atoms with E-state index in [1.54, 1.807) is 20.8 Å². The summed E-state index contributed by atoms with van der Waals surface area (Å²) in [6.45, 7) is 7.75. The van der Waals surface area contributed by atoms with Gasteiger partial charge in [-0.1, -0.05) is 42.5 Å². The van der Waals surface area contributed by atoms with E-state index in [2.05, 4.69) is 5.32 Å². The SMILES string of the molecule is CC(NC(=O)COC(=O)C1CCCN(C(=O)OC(C)(C)C)C1)c1cccc2ccccc12. The van der Waals surface area contributed by atoms with Gasteiger partial charge in [-0.05, 0) is 56.9 Å². The lowest BCUT2D eigenvalue weighted by atomic mass is 9.98. The summed E-state index contributed by atoms with van der Waals surface area (Å²) in [5.41, 5.74) is 0.409. The zero-order valence-electron chi connectivity index (χ0n) is 19.2. The van der Waals surface area contributed by atoms with E-state index in [1.165, 1.54) is 4.90 Å². The molecular weight excluding hydrogens is 408 g/mol. The highest BCUT2D eigenvalue weighted by molar-refractivity contribution is 5.87. The standard InChI is InChI=1S/C25H32N2O5/c1-17(20-13-7-10-18-9-5-6-12-21(18)20)26-22(28)16-31-23(29)19-11-8-14-27(15-19)24(30)32-25(2,3)4/h5-7,9-10,12-13,17,19H,8,11,14-16H2,1-4H3,(H,26,28). The lowest BCUT2D eigenvalue weighted by molar-refractivity contribution is -0.154. The number of hydrogen-bond acceptors (Lipinski definition) is 5. The molecule has 0 spiro atoms. The molecule has 1 fully saturated rings. The van der Waals surface area contributed by atoms with E-state index in [-0.39, 0.29) is 25.1 Å². The topological polar surface area (TPSA) is 84.9 Å². The fourth-order valence-corrected chi connectivity index (χ4v) is 3.91. The third kappa shape index (κ3) is 6.22. The van der Waals surface area contributed by atoms with Crippen LogP contribution in [0.2, 0.25) is 0 Å². The monoisotopic (exact) mass is 440 g/mol. The van der Waals surface area contributed by atoms with Crippen LogP contribution in [0.1, 0.15) is 52.1 Å². The number of benzene rings is 2. The van der Waals surface area contributed by atoms with Crippen LogP contribution in [0.3, 0.4) is 0 Å². The van der Waals surface area contributed by atoms with Gasteiger partial charge < -0.3 is 19.7 Å². The number of nitrogens with one attached hydrogen (secondary N) is 1. The lowest BCUT2D eigenvalue weighted by Crippen LogP contribution is -2.45. The molecule has 172 valence electrons. The number of likely N-dealkylation sites (tertiary alicyclic amines) is 1. The fourth-order valence-electron chi connectivity index (χ4n) is 3.91. The highest BCUT2D eigenvalue weighted by Crippen LogP contribution is 2.24. The van der Waals surface area contributed by atoms with Gasteiger partial charge in [-0.25, -0.2) is 4.79 Å². The number of ether oxygens (including phenoxy) is 2. The summed E-state index contributed by atoms with van der Waals surface area (Å²) in [5.74, 6) is -1.29. The maximum atomic E-state index is 12.5. The first kappa shape index (κ1) is 23.6. The average Bonchev–Trinajstić information content (AvgIpc) is 2.76. The van der Waals surface area contributed by atoms with E-state index < -0.39 is 23.6 Å². The van der Waals surface area contributed by atoms with Crippen LogP contribution >= 0.6 is 0 Å². The molecule has 2 amide bonds. The summed E-state index contributed by atoms with van der Waals surface area (Å²) in [5, 5.41) is 5.07. The van der Waals surface area contributed by atoms with Crippen LogP contribution in [0.5, 0.6) is 0 Å². The van der Waals surface area contributed by atoms with Crippen LogP contribution in [0, 0.1) is 5.92 Å². The third-order valence-corrected chi connectivity index (χ3v) is 5.42. The van der Waals surface area contributed by atoms with Gasteiger partial charge in [0.25, 0.3) is 5.91 Å². The molecule has 3 rings (SSSR count). The molecule has 1 heterocycles. The van der Waals surface area contributed by atoms with Gasteiger partial charge in [-0.2, -0.15) is 0 Å². The molecule has 32 heavy (non-hydrogen) atoms. The highest BCUT2D eigenvalue weighted by atomic mass is 16.6. The summed E-state index contributed by atoms with van der Waals surface area (Å²) in [6.07, 6.45) is 0.867. The first-order valence-corrected chi connectivity index (χ1v) is 11.1. The average molecular weight is 441 g/mol. The number of carbonyl (C=O) groups is 3. The Morgan fingerprint density at radius 3 is 2.59 bits per heavy atom. The Kier molecular flexibility index (Phi) is 7.38. The molecule has 2 aromatic rings.